The van der Waals surface area contributed by atoms with Crippen LogP contribution in [0.2, 0.25) is 0 Å². The quantitative estimate of drug-likeness (QED) is 0.800. The molecule has 1 unspecified atom stereocenters. The maximum Gasteiger partial charge on any atom is 0.308 e. The molecule has 2 fully saturated rings. The molecule has 4 rings (SSSR count). The van der Waals surface area contributed by atoms with Crippen molar-refractivity contribution in [3.05, 3.63) is 41.1 Å². The summed E-state index contributed by atoms with van der Waals surface area (Å²) in [5.41, 5.74) is 3.43. The number of carboxylic acids is 1. The van der Waals surface area contributed by atoms with E-state index in [1.165, 1.54) is 0 Å². The molecule has 1 aliphatic carbocycles. The molecular weight excluding hydrogens is 356 g/mol. The Balaban J connectivity index is 1.57. The Morgan fingerprint density at radius 1 is 1.21 bits per heavy atom. The number of hydrogen-bond donors (Lipinski definition) is 2. The number of fused-ring (bicyclic) bond motifs is 1. The molecule has 2 heterocycles. The van der Waals surface area contributed by atoms with Gasteiger partial charge in [0.1, 0.15) is 0 Å². The van der Waals surface area contributed by atoms with Gasteiger partial charge in [0.15, 0.2) is 0 Å². The van der Waals surface area contributed by atoms with E-state index in [0.29, 0.717) is 24.7 Å². The summed E-state index contributed by atoms with van der Waals surface area (Å²) in [4.78, 5) is 29.5. The first kappa shape index (κ1) is 18.9. The Bertz CT molecular complexity index is 901. The van der Waals surface area contributed by atoms with Crippen LogP contribution in [0.1, 0.15) is 53.2 Å². The average molecular weight is 382 g/mol. The number of nitrogens with zero attached hydrogens (tertiary/aromatic N) is 1. The van der Waals surface area contributed by atoms with Gasteiger partial charge in [0.25, 0.3) is 5.91 Å². The second-order valence-corrected chi connectivity index (χ2v) is 7.99. The van der Waals surface area contributed by atoms with Crippen LogP contribution in [0.4, 0.5) is 0 Å². The molecule has 28 heavy (non-hydrogen) atoms. The van der Waals surface area contributed by atoms with E-state index in [1.54, 1.807) is 0 Å². The molecule has 0 radical (unpaired) electrons. The number of amides is 1. The predicted octanol–water partition coefficient (Wildman–Crippen LogP) is 3.28. The molecule has 1 aromatic carbocycles. The number of aryl methyl sites for hydroxylation is 1. The molecule has 148 valence electrons. The van der Waals surface area contributed by atoms with Crippen molar-refractivity contribution in [2.75, 3.05) is 19.8 Å². The highest BCUT2D eigenvalue weighted by Crippen LogP contribution is 2.40. The Hall–Kier alpha value is -2.47. The number of rotatable bonds is 6. The van der Waals surface area contributed by atoms with Gasteiger partial charge >= 0.3 is 5.97 Å². The third-order valence-corrected chi connectivity index (χ3v) is 5.86. The molecule has 6 nitrogen and oxygen atoms in total. The SMILES string of the molecule is Cc1ccc2nc(C3CC3)cc(C(=O)NCC(C(=O)O)C3CCOCC3)c2c1. The lowest BCUT2D eigenvalue weighted by Gasteiger charge is -2.27. The summed E-state index contributed by atoms with van der Waals surface area (Å²) in [5, 5.41) is 13.3. The van der Waals surface area contributed by atoms with Crippen molar-refractivity contribution in [3.8, 4) is 0 Å². The number of aromatic nitrogens is 1. The highest BCUT2D eigenvalue weighted by atomic mass is 16.5. The summed E-state index contributed by atoms with van der Waals surface area (Å²) in [6.07, 6.45) is 3.65. The molecule has 2 aromatic rings. The summed E-state index contributed by atoms with van der Waals surface area (Å²) in [5.74, 6) is -1.21. The normalized spacial score (nSPS) is 18.8. The van der Waals surface area contributed by atoms with Gasteiger partial charge in [-0.2, -0.15) is 0 Å². The molecule has 2 N–H and O–H groups in total. The standard InChI is InChI=1S/C22H26N2O4/c1-13-2-5-19-16(10-13)17(11-20(24-19)15-3-4-15)21(25)23-12-18(22(26)27)14-6-8-28-9-7-14/h2,5,10-11,14-15,18H,3-4,6-9,12H2,1H3,(H,23,25)(H,26,27). The summed E-state index contributed by atoms with van der Waals surface area (Å²) in [6, 6.07) is 7.81. The van der Waals surface area contributed by atoms with Crippen molar-refractivity contribution in [1.29, 1.82) is 0 Å². The predicted molar refractivity (Wildman–Crippen MR) is 105 cm³/mol. The molecule has 0 bridgehead atoms. The first-order chi connectivity index (χ1) is 13.5. The number of carbonyl (C=O) groups excluding carboxylic acids is 1. The van der Waals surface area contributed by atoms with Gasteiger partial charge in [-0.05, 0) is 56.7 Å². The van der Waals surface area contributed by atoms with Gasteiger partial charge in [-0.15, -0.1) is 0 Å². The third kappa shape index (κ3) is 4.02. The lowest BCUT2D eigenvalue weighted by Crippen LogP contribution is -2.39. The number of nitrogens with one attached hydrogen (secondary N) is 1. The van der Waals surface area contributed by atoms with Crippen LogP contribution in [0, 0.1) is 18.8 Å². The minimum absolute atomic E-state index is 0.0324. The molecule has 1 aromatic heterocycles. The van der Waals surface area contributed by atoms with E-state index in [2.05, 4.69) is 5.32 Å². The van der Waals surface area contributed by atoms with Crippen molar-refractivity contribution in [2.45, 2.75) is 38.5 Å². The van der Waals surface area contributed by atoms with Crippen LogP contribution in [0.15, 0.2) is 24.3 Å². The maximum absolute atomic E-state index is 13.0. The highest BCUT2D eigenvalue weighted by molar-refractivity contribution is 6.06. The van der Waals surface area contributed by atoms with Gasteiger partial charge < -0.3 is 15.2 Å². The van der Waals surface area contributed by atoms with Crippen LogP contribution in [-0.4, -0.2) is 41.7 Å². The monoisotopic (exact) mass is 382 g/mol. The fraction of sp³-hybridized carbons (Fsp3) is 0.500. The molecule has 2 aliphatic rings. The number of aliphatic carboxylic acids is 1. The number of ether oxygens (including phenoxy) is 1. The van der Waals surface area contributed by atoms with E-state index < -0.39 is 11.9 Å². The van der Waals surface area contributed by atoms with Gasteiger partial charge in [0.05, 0.1) is 17.0 Å². The summed E-state index contributed by atoms with van der Waals surface area (Å²) in [6.45, 7) is 3.29. The van der Waals surface area contributed by atoms with E-state index in [4.69, 9.17) is 9.72 Å². The molecule has 1 atom stereocenters. The van der Waals surface area contributed by atoms with Gasteiger partial charge in [-0.3, -0.25) is 14.6 Å². The molecule has 1 amide bonds. The fourth-order valence-corrected chi connectivity index (χ4v) is 4.01. The van der Waals surface area contributed by atoms with Crippen LogP contribution >= 0.6 is 0 Å². The van der Waals surface area contributed by atoms with Crippen LogP contribution in [0.5, 0.6) is 0 Å². The Morgan fingerprint density at radius 2 is 1.96 bits per heavy atom. The smallest absolute Gasteiger partial charge is 0.308 e. The van der Waals surface area contributed by atoms with Gasteiger partial charge in [-0.25, -0.2) is 0 Å². The van der Waals surface area contributed by atoms with Crippen molar-refractivity contribution in [2.24, 2.45) is 11.8 Å². The average Bonchev–Trinajstić information content (AvgIpc) is 3.53. The maximum atomic E-state index is 13.0. The molecular formula is C22H26N2O4. The first-order valence-electron chi connectivity index (χ1n) is 10.0. The van der Waals surface area contributed by atoms with Crippen LogP contribution in [-0.2, 0) is 9.53 Å². The molecule has 6 heteroatoms. The van der Waals surface area contributed by atoms with Gasteiger partial charge in [0, 0.05) is 36.8 Å². The summed E-state index contributed by atoms with van der Waals surface area (Å²) >= 11 is 0. The van der Waals surface area contributed by atoms with Gasteiger partial charge in [-0.1, -0.05) is 11.6 Å². The van der Waals surface area contributed by atoms with Gasteiger partial charge in [0.2, 0.25) is 0 Å². The highest BCUT2D eigenvalue weighted by Gasteiger charge is 2.31. The Labute approximate surface area is 164 Å². The first-order valence-corrected chi connectivity index (χ1v) is 10.0. The van der Waals surface area contributed by atoms with E-state index in [0.717, 1.165) is 47.8 Å². The topological polar surface area (TPSA) is 88.5 Å². The number of pyridine rings is 1. The third-order valence-electron chi connectivity index (χ3n) is 5.86. The van der Waals surface area contributed by atoms with Crippen LogP contribution in [0.25, 0.3) is 10.9 Å². The zero-order chi connectivity index (χ0) is 19.7. The number of carboxylic acid groups (broad SMARTS) is 1. The zero-order valence-electron chi connectivity index (χ0n) is 16.1. The van der Waals surface area contributed by atoms with Crippen molar-refractivity contribution >= 4 is 22.8 Å². The van der Waals surface area contributed by atoms with Crippen molar-refractivity contribution in [3.63, 3.8) is 0 Å². The summed E-state index contributed by atoms with van der Waals surface area (Å²) in [7, 11) is 0. The fourth-order valence-electron chi connectivity index (χ4n) is 4.01. The van der Waals surface area contributed by atoms with Crippen molar-refractivity contribution < 1.29 is 19.4 Å². The Kier molecular flexibility index (Phi) is 5.31. The largest absolute Gasteiger partial charge is 0.481 e. The lowest BCUT2D eigenvalue weighted by atomic mass is 9.86. The van der Waals surface area contributed by atoms with E-state index in [1.807, 2.05) is 31.2 Å². The van der Waals surface area contributed by atoms with Crippen LogP contribution in [0.3, 0.4) is 0 Å². The van der Waals surface area contributed by atoms with Crippen molar-refractivity contribution in [1.82, 2.24) is 10.3 Å². The lowest BCUT2D eigenvalue weighted by molar-refractivity contribution is -0.144. The number of carbonyl (C=O) groups is 2. The zero-order valence-corrected chi connectivity index (χ0v) is 16.1. The summed E-state index contributed by atoms with van der Waals surface area (Å²) < 4.78 is 5.34. The number of hydrogen-bond acceptors (Lipinski definition) is 4. The molecule has 0 spiro atoms. The molecule has 1 saturated carbocycles. The number of benzene rings is 1. The molecule has 1 aliphatic heterocycles. The minimum atomic E-state index is -0.860. The van der Waals surface area contributed by atoms with Crippen LogP contribution < -0.4 is 5.32 Å². The van der Waals surface area contributed by atoms with E-state index >= 15 is 0 Å². The van der Waals surface area contributed by atoms with E-state index in [-0.39, 0.29) is 18.4 Å². The van der Waals surface area contributed by atoms with E-state index in [9.17, 15) is 14.7 Å². The second kappa shape index (κ2) is 7.87. The molecule has 1 saturated heterocycles. The Morgan fingerprint density at radius 3 is 2.64 bits per heavy atom. The second-order valence-electron chi connectivity index (χ2n) is 7.99. The minimum Gasteiger partial charge on any atom is -0.481 e.